The summed E-state index contributed by atoms with van der Waals surface area (Å²) in [7, 11) is 0. The summed E-state index contributed by atoms with van der Waals surface area (Å²) in [6.45, 7) is 4.82. The molecule has 2 aromatic rings. The number of carbonyl (C=O) groups excluding carboxylic acids is 2. The maximum atomic E-state index is 12.1. The van der Waals surface area contributed by atoms with Crippen LogP contribution in [0.5, 0.6) is 11.5 Å². The Hall–Kier alpha value is -2.82. The molecule has 23 heavy (non-hydrogen) atoms. The average Bonchev–Trinajstić information content (AvgIpc) is 2.58. The minimum absolute atomic E-state index is 0.210. The number of rotatable bonds is 5. The van der Waals surface area contributed by atoms with Crippen LogP contribution in [0.4, 0.5) is 4.79 Å². The molecule has 0 aromatic heterocycles. The van der Waals surface area contributed by atoms with Gasteiger partial charge in [0.25, 0.3) is 0 Å². The van der Waals surface area contributed by atoms with Gasteiger partial charge < -0.3 is 14.4 Å². The first kappa shape index (κ1) is 16.5. The number of para-hydroxylation sites is 2. The highest BCUT2D eigenvalue weighted by Crippen LogP contribution is 2.27. The number of carbonyl (C=O) groups is 2. The molecular weight excluding hydrogens is 294 g/mol. The predicted molar refractivity (Wildman–Crippen MR) is 86.8 cm³/mol. The summed E-state index contributed by atoms with van der Waals surface area (Å²) >= 11 is 0. The second-order valence-corrected chi connectivity index (χ2v) is 4.74. The molecule has 0 N–H and O–H groups in total. The van der Waals surface area contributed by atoms with Crippen LogP contribution in [-0.2, 0) is 0 Å². The molecule has 0 fully saturated rings. The van der Waals surface area contributed by atoms with Crippen LogP contribution >= 0.6 is 0 Å². The van der Waals surface area contributed by atoms with Gasteiger partial charge in [-0.15, -0.1) is 0 Å². The average molecular weight is 313 g/mol. The Morgan fingerprint density at radius 2 is 1.35 bits per heavy atom. The Balaban J connectivity index is 2.14. The minimum atomic E-state index is -0.503. The third-order valence-corrected chi connectivity index (χ3v) is 3.28. The number of esters is 1. The zero-order chi connectivity index (χ0) is 16.7. The van der Waals surface area contributed by atoms with E-state index in [0.717, 1.165) is 0 Å². The van der Waals surface area contributed by atoms with E-state index in [1.54, 1.807) is 48.5 Å². The Kier molecular flexibility index (Phi) is 5.74. The quantitative estimate of drug-likeness (QED) is 0.623. The first-order valence-corrected chi connectivity index (χ1v) is 7.48. The van der Waals surface area contributed by atoms with E-state index >= 15 is 0 Å². The van der Waals surface area contributed by atoms with E-state index in [-0.39, 0.29) is 11.5 Å². The Morgan fingerprint density at radius 3 is 1.91 bits per heavy atom. The number of hydrogen-bond acceptors (Lipinski definition) is 4. The number of amides is 1. The van der Waals surface area contributed by atoms with Gasteiger partial charge in [0, 0.05) is 13.1 Å². The third kappa shape index (κ3) is 4.32. The summed E-state index contributed by atoms with van der Waals surface area (Å²) in [5.74, 6) is -0.0764. The van der Waals surface area contributed by atoms with Gasteiger partial charge in [0.1, 0.15) is 0 Å². The molecule has 0 heterocycles. The van der Waals surface area contributed by atoms with E-state index in [0.29, 0.717) is 18.7 Å². The lowest BCUT2D eigenvalue weighted by atomic mass is 10.2. The van der Waals surface area contributed by atoms with Crippen molar-refractivity contribution < 1.29 is 19.1 Å². The maximum Gasteiger partial charge on any atom is 0.415 e. The van der Waals surface area contributed by atoms with Gasteiger partial charge >= 0.3 is 12.1 Å². The van der Waals surface area contributed by atoms with Gasteiger partial charge in [0.05, 0.1) is 5.56 Å². The second kappa shape index (κ2) is 7.98. The summed E-state index contributed by atoms with van der Waals surface area (Å²) < 4.78 is 10.7. The molecule has 0 aliphatic rings. The molecule has 2 aromatic carbocycles. The van der Waals surface area contributed by atoms with Crippen LogP contribution in [0.2, 0.25) is 0 Å². The van der Waals surface area contributed by atoms with Gasteiger partial charge in [-0.3, -0.25) is 0 Å². The SMILES string of the molecule is CCN(CC)C(=O)Oc1ccccc1OC(=O)c1ccccc1. The van der Waals surface area contributed by atoms with Crippen molar-refractivity contribution in [3.63, 3.8) is 0 Å². The highest BCUT2D eigenvalue weighted by atomic mass is 16.6. The van der Waals surface area contributed by atoms with E-state index in [2.05, 4.69) is 0 Å². The van der Waals surface area contributed by atoms with E-state index < -0.39 is 12.1 Å². The molecule has 0 aliphatic carbocycles. The van der Waals surface area contributed by atoms with E-state index in [1.807, 2.05) is 19.9 Å². The van der Waals surface area contributed by atoms with Crippen LogP contribution in [0.25, 0.3) is 0 Å². The standard InChI is InChI=1S/C18H19NO4/c1-3-19(4-2)18(21)23-16-13-9-8-12-15(16)22-17(20)14-10-6-5-7-11-14/h5-13H,3-4H2,1-2H3. The van der Waals surface area contributed by atoms with Crippen molar-refractivity contribution in [2.24, 2.45) is 0 Å². The Labute approximate surface area is 135 Å². The molecule has 0 bridgehead atoms. The molecule has 0 unspecified atom stereocenters. The van der Waals surface area contributed by atoms with Gasteiger partial charge in [0.2, 0.25) is 0 Å². The molecular formula is C18H19NO4. The first-order valence-electron chi connectivity index (χ1n) is 7.48. The van der Waals surface area contributed by atoms with Crippen molar-refractivity contribution in [2.45, 2.75) is 13.8 Å². The van der Waals surface area contributed by atoms with Crippen LogP contribution in [0, 0.1) is 0 Å². The van der Waals surface area contributed by atoms with Crippen LogP contribution in [0.15, 0.2) is 54.6 Å². The zero-order valence-corrected chi connectivity index (χ0v) is 13.2. The van der Waals surface area contributed by atoms with Crippen LogP contribution in [0.1, 0.15) is 24.2 Å². The maximum absolute atomic E-state index is 12.1. The molecule has 5 nitrogen and oxygen atoms in total. The summed E-state index contributed by atoms with van der Waals surface area (Å²) in [5, 5.41) is 0. The lowest BCUT2D eigenvalue weighted by molar-refractivity contribution is 0.0727. The van der Waals surface area contributed by atoms with Gasteiger partial charge in [-0.05, 0) is 38.1 Å². The third-order valence-electron chi connectivity index (χ3n) is 3.28. The fraction of sp³-hybridized carbons (Fsp3) is 0.222. The van der Waals surface area contributed by atoms with Crippen molar-refractivity contribution in [1.82, 2.24) is 4.90 Å². The molecule has 0 atom stereocenters. The van der Waals surface area contributed by atoms with Crippen LogP contribution in [0.3, 0.4) is 0 Å². The van der Waals surface area contributed by atoms with Crippen molar-refractivity contribution in [1.29, 1.82) is 0 Å². The molecule has 1 amide bonds. The summed E-state index contributed by atoms with van der Waals surface area (Å²) in [6.07, 6.45) is -0.474. The van der Waals surface area contributed by atoms with Gasteiger partial charge in [0.15, 0.2) is 11.5 Å². The van der Waals surface area contributed by atoms with Crippen molar-refractivity contribution >= 4 is 12.1 Å². The molecule has 5 heteroatoms. The molecule has 2 rings (SSSR count). The van der Waals surface area contributed by atoms with Gasteiger partial charge in [-0.1, -0.05) is 30.3 Å². The fourth-order valence-corrected chi connectivity index (χ4v) is 1.99. The summed E-state index contributed by atoms with van der Waals surface area (Å²) in [5.41, 5.74) is 0.428. The number of ether oxygens (including phenoxy) is 2. The molecule has 0 saturated heterocycles. The van der Waals surface area contributed by atoms with Gasteiger partial charge in [-0.2, -0.15) is 0 Å². The summed E-state index contributed by atoms with van der Waals surface area (Å²) in [6, 6.07) is 15.2. The molecule has 0 aliphatic heterocycles. The van der Waals surface area contributed by atoms with Crippen molar-refractivity contribution in [2.75, 3.05) is 13.1 Å². The molecule has 0 spiro atoms. The lowest BCUT2D eigenvalue weighted by Crippen LogP contribution is -2.33. The molecule has 0 saturated carbocycles. The van der Waals surface area contributed by atoms with Gasteiger partial charge in [-0.25, -0.2) is 9.59 Å². The van der Waals surface area contributed by atoms with Crippen molar-refractivity contribution in [3.05, 3.63) is 60.2 Å². The van der Waals surface area contributed by atoms with E-state index in [1.165, 1.54) is 4.90 Å². The van der Waals surface area contributed by atoms with E-state index in [9.17, 15) is 9.59 Å². The predicted octanol–water partition coefficient (Wildman–Crippen LogP) is 3.75. The van der Waals surface area contributed by atoms with E-state index in [4.69, 9.17) is 9.47 Å². The molecule has 0 radical (unpaired) electrons. The highest BCUT2D eigenvalue weighted by Gasteiger charge is 2.17. The monoisotopic (exact) mass is 313 g/mol. The number of hydrogen-bond donors (Lipinski definition) is 0. The normalized spacial score (nSPS) is 10.0. The lowest BCUT2D eigenvalue weighted by Gasteiger charge is -2.18. The summed E-state index contributed by atoms with van der Waals surface area (Å²) in [4.78, 5) is 25.7. The smallest absolute Gasteiger partial charge is 0.415 e. The van der Waals surface area contributed by atoms with Crippen LogP contribution < -0.4 is 9.47 Å². The Morgan fingerprint density at radius 1 is 0.826 bits per heavy atom. The van der Waals surface area contributed by atoms with Crippen LogP contribution in [-0.4, -0.2) is 30.1 Å². The molecule has 120 valence electrons. The highest BCUT2D eigenvalue weighted by molar-refractivity contribution is 5.91. The zero-order valence-electron chi connectivity index (χ0n) is 13.2. The first-order chi connectivity index (χ1) is 11.2. The largest absolute Gasteiger partial charge is 0.419 e. The van der Waals surface area contributed by atoms with Crippen molar-refractivity contribution in [3.8, 4) is 11.5 Å². The second-order valence-electron chi connectivity index (χ2n) is 4.74. The minimum Gasteiger partial charge on any atom is -0.419 e. The fourth-order valence-electron chi connectivity index (χ4n) is 1.99. The number of nitrogens with zero attached hydrogens (tertiary/aromatic N) is 1. The Bertz CT molecular complexity index is 666. The number of benzene rings is 2. The topological polar surface area (TPSA) is 55.8 Å².